The number of aromatic amines is 1. The van der Waals surface area contributed by atoms with Gasteiger partial charge < -0.3 is 10.3 Å². The summed E-state index contributed by atoms with van der Waals surface area (Å²) in [7, 11) is 0. The second-order valence-electron chi connectivity index (χ2n) is 5.92. The third-order valence-corrected chi connectivity index (χ3v) is 4.11. The first-order chi connectivity index (χ1) is 11.1. The smallest absolute Gasteiger partial charge is 0.189 e. The van der Waals surface area contributed by atoms with E-state index >= 15 is 0 Å². The molecular weight excluding hydrogens is 288 g/mol. The number of benzene rings is 1. The van der Waals surface area contributed by atoms with Crippen LogP contribution in [0.15, 0.2) is 35.4 Å². The van der Waals surface area contributed by atoms with Crippen molar-refractivity contribution in [1.82, 2.24) is 20.1 Å². The van der Waals surface area contributed by atoms with Crippen molar-refractivity contribution in [3.63, 3.8) is 0 Å². The van der Waals surface area contributed by atoms with Gasteiger partial charge in [-0.15, -0.1) is 0 Å². The molecule has 0 spiro atoms. The number of pyridine rings is 1. The number of hydrogen-bond donors (Lipinski definition) is 2. The van der Waals surface area contributed by atoms with Gasteiger partial charge in [0.25, 0.3) is 0 Å². The molecule has 0 aliphatic rings. The molecule has 5 heteroatoms. The Kier molecular flexibility index (Phi) is 4.30. The fraction of sp³-hybridized carbons (Fsp3) is 0.333. The topological polar surface area (TPSA) is 62.7 Å². The molecule has 0 bridgehead atoms. The van der Waals surface area contributed by atoms with Gasteiger partial charge in [-0.1, -0.05) is 12.1 Å². The van der Waals surface area contributed by atoms with Crippen LogP contribution in [0.4, 0.5) is 0 Å². The average molecular weight is 310 g/mol. The van der Waals surface area contributed by atoms with Crippen LogP contribution in [-0.2, 0) is 19.6 Å². The average Bonchev–Trinajstić information content (AvgIpc) is 2.99. The highest BCUT2D eigenvalue weighted by atomic mass is 16.1. The molecule has 0 aliphatic carbocycles. The van der Waals surface area contributed by atoms with Crippen LogP contribution in [-0.4, -0.2) is 14.8 Å². The highest BCUT2D eigenvalue weighted by molar-refractivity contribution is 5.84. The molecule has 5 nitrogen and oxygen atoms in total. The van der Waals surface area contributed by atoms with E-state index in [-0.39, 0.29) is 5.43 Å². The molecule has 2 aromatic heterocycles. The van der Waals surface area contributed by atoms with E-state index in [1.54, 1.807) is 6.07 Å². The van der Waals surface area contributed by atoms with Crippen LogP contribution >= 0.6 is 0 Å². The summed E-state index contributed by atoms with van der Waals surface area (Å²) in [6.45, 7) is 8.28. The van der Waals surface area contributed by atoms with Crippen molar-refractivity contribution in [2.75, 3.05) is 0 Å². The van der Waals surface area contributed by atoms with E-state index in [4.69, 9.17) is 0 Å². The minimum atomic E-state index is 0.0792. The second kappa shape index (κ2) is 6.38. The molecule has 0 radical (unpaired) electrons. The molecule has 1 aromatic carbocycles. The van der Waals surface area contributed by atoms with Gasteiger partial charge in [0.1, 0.15) is 0 Å². The molecule has 2 heterocycles. The van der Waals surface area contributed by atoms with Gasteiger partial charge in [0.15, 0.2) is 5.43 Å². The zero-order chi connectivity index (χ0) is 16.4. The monoisotopic (exact) mass is 310 g/mol. The summed E-state index contributed by atoms with van der Waals surface area (Å²) in [5.74, 6) is 0. The summed E-state index contributed by atoms with van der Waals surface area (Å²) < 4.78 is 1.90. The van der Waals surface area contributed by atoms with Crippen LogP contribution in [0, 0.1) is 13.8 Å². The molecule has 0 aliphatic heterocycles. The van der Waals surface area contributed by atoms with E-state index < -0.39 is 0 Å². The standard InChI is InChI=1S/C18H22N4O/c1-4-22-11-14(9-20-22)8-19-10-15-7-16(23)17-12(2)5-6-13(3)18(17)21-15/h5-7,9,11,19H,4,8,10H2,1-3H3,(H,21,23). The summed E-state index contributed by atoms with van der Waals surface area (Å²) in [4.78, 5) is 15.8. The summed E-state index contributed by atoms with van der Waals surface area (Å²) >= 11 is 0. The second-order valence-corrected chi connectivity index (χ2v) is 5.92. The van der Waals surface area contributed by atoms with Gasteiger partial charge >= 0.3 is 0 Å². The van der Waals surface area contributed by atoms with Crippen LogP contribution in [0.25, 0.3) is 10.9 Å². The summed E-state index contributed by atoms with van der Waals surface area (Å²) in [6, 6.07) is 5.73. The molecule has 3 rings (SSSR count). The summed E-state index contributed by atoms with van der Waals surface area (Å²) in [5, 5.41) is 8.40. The number of rotatable bonds is 5. The van der Waals surface area contributed by atoms with Crippen LogP contribution in [0.3, 0.4) is 0 Å². The predicted molar refractivity (Wildman–Crippen MR) is 92.5 cm³/mol. The molecule has 0 saturated heterocycles. The number of hydrogen-bond acceptors (Lipinski definition) is 3. The van der Waals surface area contributed by atoms with Gasteiger partial charge in [-0.25, -0.2) is 0 Å². The van der Waals surface area contributed by atoms with Crippen LogP contribution in [0.5, 0.6) is 0 Å². The highest BCUT2D eigenvalue weighted by Gasteiger charge is 2.07. The molecule has 3 aromatic rings. The first kappa shape index (κ1) is 15.5. The van der Waals surface area contributed by atoms with Crippen molar-refractivity contribution in [2.24, 2.45) is 0 Å². The molecule has 0 fully saturated rings. The fourth-order valence-corrected chi connectivity index (χ4v) is 2.82. The Labute approximate surface area is 135 Å². The van der Waals surface area contributed by atoms with E-state index in [0.29, 0.717) is 6.54 Å². The maximum Gasteiger partial charge on any atom is 0.189 e. The van der Waals surface area contributed by atoms with Crippen LogP contribution < -0.4 is 10.7 Å². The number of aryl methyl sites for hydroxylation is 3. The summed E-state index contributed by atoms with van der Waals surface area (Å²) in [5.41, 5.74) is 5.16. The third-order valence-electron chi connectivity index (χ3n) is 4.11. The van der Waals surface area contributed by atoms with Gasteiger partial charge in [-0.05, 0) is 31.9 Å². The molecule has 0 saturated carbocycles. The Morgan fingerprint density at radius 3 is 2.74 bits per heavy atom. The Hall–Kier alpha value is -2.40. The molecule has 0 unspecified atom stereocenters. The first-order valence-electron chi connectivity index (χ1n) is 7.92. The number of nitrogens with one attached hydrogen (secondary N) is 2. The molecule has 2 N–H and O–H groups in total. The number of fused-ring (bicyclic) bond motifs is 1. The van der Waals surface area contributed by atoms with Crippen LogP contribution in [0.1, 0.15) is 29.3 Å². The lowest BCUT2D eigenvalue weighted by atomic mass is 10.0. The van der Waals surface area contributed by atoms with Crippen molar-refractivity contribution in [3.05, 3.63) is 63.2 Å². The van der Waals surface area contributed by atoms with Crippen molar-refractivity contribution >= 4 is 10.9 Å². The number of H-pyrrole nitrogens is 1. The maximum atomic E-state index is 12.4. The normalized spacial score (nSPS) is 11.3. The Morgan fingerprint density at radius 1 is 1.22 bits per heavy atom. The fourth-order valence-electron chi connectivity index (χ4n) is 2.82. The van der Waals surface area contributed by atoms with Crippen LogP contribution in [0.2, 0.25) is 0 Å². The number of aromatic nitrogens is 3. The van der Waals surface area contributed by atoms with Gasteiger partial charge in [-0.2, -0.15) is 5.10 Å². The lowest BCUT2D eigenvalue weighted by Gasteiger charge is -2.09. The van der Waals surface area contributed by atoms with Gasteiger partial charge in [-0.3, -0.25) is 9.48 Å². The largest absolute Gasteiger partial charge is 0.357 e. The van der Waals surface area contributed by atoms with Gasteiger partial charge in [0.05, 0.1) is 11.7 Å². The number of nitrogens with zero attached hydrogens (tertiary/aromatic N) is 2. The first-order valence-corrected chi connectivity index (χ1v) is 7.92. The highest BCUT2D eigenvalue weighted by Crippen LogP contribution is 2.17. The zero-order valence-electron chi connectivity index (χ0n) is 13.8. The Bertz CT molecular complexity index is 892. The van der Waals surface area contributed by atoms with Crippen molar-refractivity contribution in [3.8, 4) is 0 Å². The molecule has 0 amide bonds. The Morgan fingerprint density at radius 2 is 2.00 bits per heavy atom. The molecule has 120 valence electrons. The minimum absolute atomic E-state index is 0.0792. The zero-order valence-corrected chi connectivity index (χ0v) is 13.8. The van der Waals surface area contributed by atoms with Crippen molar-refractivity contribution < 1.29 is 0 Å². The predicted octanol–water partition coefficient (Wildman–Crippen LogP) is 2.65. The van der Waals surface area contributed by atoms with E-state index in [2.05, 4.69) is 22.3 Å². The van der Waals surface area contributed by atoms with Crippen molar-refractivity contribution in [1.29, 1.82) is 0 Å². The van der Waals surface area contributed by atoms with E-state index in [1.807, 2.05) is 43.1 Å². The van der Waals surface area contributed by atoms with E-state index in [0.717, 1.165) is 46.4 Å². The Balaban J connectivity index is 1.78. The van der Waals surface area contributed by atoms with Gasteiger partial charge in [0.2, 0.25) is 0 Å². The molecular formula is C18H22N4O. The van der Waals surface area contributed by atoms with E-state index in [1.165, 1.54) is 0 Å². The molecule has 23 heavy (non-hydrogen) atoms. The lowest BCUT2D eigenvalue weighted by Crippen LogP contribution is -2.16. The maximum absolute atomic E-state index is 12.4. The summed E-state index contributed by atoms with van der Waals surface area (Å²) in [6.07, 6.45) is 3.90. The van der Waals surface area contributed by atoms with Crippen molar-refractivity contribution in [2.45, 2.75) is 40.4 Å². The van der Waals surface area contributed by atoms with Gasteiger partial charge in [0, 0.05) is 48.5 Å². The quantitative estimate of drug-likeness (QED) is 0.761. The SMILES string of the molecule is CCn1cc(CNCc2cc(=O)c3c(C)ccc(C)c3[nH]2)cn1. The molecule has 0 atom stereocenters. The lowest BCUT2D eigenvalue weighted by molar-refractivity contribution is 0.654. The third kappa shape index (κ3) is 3.19. The minimum Gasteiger partial charge on any atom is -0.357 e. The van der Waals surface area contributed by atoms with E-state index in [9.17, 15) is 4.79 Å².